The third-order valence-corrected chi connectivity index (χ3v) is 5.71. The number of hydrogen-bond donors (Lipinski definition) is 1. The average Bonchev–Trinajstić information content (AvgIpc) is 2.90. The Kier molecular flexibility index (Phi) is 2.20. The van der Waals surface area contributed by atoms with E-state index < -0.39 is 17.3 Å². The van der Waals surface area contributed by atoms with E-state index in [1.807, 2.05) is 48.5 Å². The van der Waals surface area contributed by atoms with Crippen LogP contribution in [0.4, 0.5) is 0 Å². The number of hydrogen-bond acceptors (Lipinski definition) is 3. The second-order valence-corrected chi connectivity index (χ2v) is 6.50. The highest BCUT2D eigenvalue weighted by Gasteiger charge is 2.66. The summed E-state index contributed by atoms with van der Waals surface area (Å²) in [6, 6.07) is 15.4. The lowest BCUT2D eigenvalue weighted by atomic mass is 9.48. The molecule has 6 rings (SSSR count). The van der Waals surface area contributed by atoms with Gasteiger partial charge in [0.25, 0.3) is 0 Å². The van der Waals surface area contributed by atoms with Crippen molar-refractivity contribution in [2.45, 2.75) is 11.3 Å². The van der Waals surface area contributed by atoms with Crippen LogP contribution in [0.2, 0.25) is 0 Å². The van der Waals surface area contributed by atoms with Crippen molar-refractivity contribution in [2.24, 2.45) is 11.8 Å². The van der Waals surface area contributed by atoms with E-state index in [9.17, 15) is 14.4 Å². The molecule has 2 amide bonds. The summed E-state index contributed by atoms with van der Waals surface area (Å²) < 4.78 is 0. The number of rotatable bonds is 1. The van der Waals surface area contributed by atoms with Crippen LogP contribution in [-0.4, -0.2) is 18.1 Å². The third kappa shape index (κ3) is 1.23. The predicted octanol–water partition coefficient (Wildman–Crippen LogP) is 1.52. The first-order chi connectivity index (χ1) is 11.2. The SMILES string of the molecule is O=CC12c3ccccc3C(c3ccccc31)[C@H]1C(=O)NC(=O)[C@@H]12. The highest BCUT2D eigenvalue weighted by atomic mass is 16.2. The zero-order valence-electron chi connectivity index (χ0n) is 12.2. The van der Waals surface area contributed by atoms with Crippen molar-refractivity contribution in [3.05, 3.63) is 70.8 Å². The topological polar surface area (TPSA) is 63.2 Å². The molecule has 4 aliphatic rings. The van der Waals surface area contributed by atoms with Crippen LogP contribution in [0.5, 0.6) is 0 Å². The fourth-order valence-electron chi connectivity index (χ4n) is 4.96. The van der Waals surface area contributed by atoms with E-state index in [1.165, 1.54) is 0 Å². The minimum Gasteiger partial charge on any atom is -0.302 e. The lowest BCUT2D eigenvalue weighted by molar-refractivity contribution is -0.129. The van der Waals surface area contributed by atoms with Crippen LogP contribution < -0.4 is 5.32 Å². The number of carbonyl (C=O) groups is 3. The number of imide groups is 1. The quantitative estimate of drug-likeness (QED) is 0.642. The summed E-state index contributed by atoms with van der Waals surface area (Å²) in [5, 5.41) is 2.45. The molecular formula is C19H13NO3. The molecule has 0 radical (unpaired) electrons. The Hall–Kier alpha value is -2.75. The van der Waals surface area contributed by atoms with E-state index >= 15 is 0 Å². The largest absolute Gasteiger partial charge is 0.302 e. The summed E-state index contributed by atoms with van der Waals surface area (Å²) in [5.41, 5.74) is 2.64. The van der Waals surface area contributed by atoms with Crippen molar-refractivity contribution in [3.63, 3.8) is 0 Å². The highest BCUT2D eigenvalue weighted by Crippen LogP contribution is 2.61. The summed E-state index contributed by atoms with van der Waals surface area (Å²) in [6.07, 6.45) is 0.871. The Bertz CT molecular complexity index is 853. The standard InChI is InChI=1S/C19H13NO3/c21-9-19-12-7-3-1-5-10(12)14(11-6-2-4-8-13(11)19)15-16(19)18(23)20-17(15)22/h1-9,14-16H,(H,20,22,23)/t14?,15-,16-,19?/m1/s1. The van der Waals surface area contributed by atoms with Crippen molar-refractivity contribution in [3.8, 4) is 0 Å². The molecule has 1 fully saturated rings. The number of amides is 2. The van der Waals surface area contributed by atoms with Crippen molar-refractivity contribution >= 4 is 18.1 Å². The summed E-state index contributed by atoms with van der Waals surface area (Å²) in [4.78, 5) is 37.3. The Balaban J connectivity index is 1.97. The van der Waals surface area contributed by atoms with E-state index in [-0.39, 0.29) is 17.7 Å². The van der Waals surface area contributed by atoms with Gasteiger partial charge in [-0.15, -0.1) is 0 Å². The average molecular weight is 303 g/mol. The van der Waals surface area contributed by atoms with Gasteiger partial charge in [-0.1, -0.05) is 48.5 Å². The summed E-state index contributed by atoms with van der Waals surface area (Å²) >= 11 is 0. The van der Waals surface area contributed by atoms with E-state index in [4.69, 9.17) is 0 Å². The first-order valence-electron chi connectivity index (χ1n) is 7.70. The zero-order chi connectivity index (χ0) is 15.8. The first-order valence-corrected chi connectivity index (χ1v) is 7.70. The van der Waals surface area contributed by atoms with Gasteiger partial charge in [-0.05, 0) is 22.3 Å². The molecule has 0 spiro atoms. The van der Waals surface area contributed by atoms with Crippen LogP contribution in [-0.2, 0) is 19.8 Å². The molecule has 1 aliphatic heterocycles. The fourth-order valence-corrected chi connectivity index (χ4v) is 4.96. The predicted molar refractivity (Wildman–Crippen MR) is 81.7 cm³/mol. The summed E-state index contributed by atoms with van der Waals surface area (Å²) in [5.74, 6) is -1.91. The van der Waals surface area contributed by atoms with Crippen LogP contribution in [0.3, 0.4) is 0 Å². The van der Waals surface area contributed by atoms with Gasteiger partial charge in [-0.3, -0.25) is 14.9 Å². The van der Waals surface area contributed by atoms with Crippen molar-refractivity contribution < 1.29 is 14.4 Å². The molecule has 1 heterocycles. The Morgan fingerprint density at radius 3 is 2.00 bits per heavy atom. The van der Waals surface area contributed by atoms with Gasteiger partial charge in [0.1, 0.15) is 6.29 Å². The van der Waals surface area contributed by atoms with Gasteiger partial charge in [0.15, 0.2) is 0 Å². The van der Waals surface area contributed by atoms with E-state index in [1.54, 1.807) is 0 Å². The second kappa shape index (κ2) is 3.96. The van der Waals surface area contributed by atoms with Crippen LogP contribution in [0.1, 0.15) is 28.2 Å². The van der Waals surface area contributed by atoms with Gasteiger partial charge in [0.2, 0.25) is 11.8 Å². The molecule has 0 aromatic heterocycles. The number of aldehydes is 1. The molecule has 2 atom stereocenters. The van der Waals surface area contributed by atoms with Gasteiger partial charge in [-0.25, -0.2) is 0 Å². The summed E-state index contributed by atoms with van der Waals surface area (Å²) in [7, 11) is 0. The minimum absolute atomic E-state index is 0.166. The number of benzene rings is 2. The minimum atomic E-state index is -1.07. The molecule has 4 heteroatoms. The number of nitrogens with one attached hydrogen (secondary N) is 1. The molecule has 112 valence electrons. The monoisotopic (exact) mass is 303 g/mol. The fraction of sp³-hybridized carbons (Fsp3) is 0.211. The first kappa shape index (κ1) is 12.8. The highest BCUT2D eigenvalue weighted by molar-refractivity contribution is 6.10. The van der Waals surface area contributed by atoms with E-state index in [2.05, 4.69) is 5.32 Å². The zero-order valence-corrected chi connectivity index (χ0v) is 12.2. The molecule has 23 heavy (non-hydrogen) atoms. The molecule has 2 bridgehead atoms. The van der Waals surface area contributed by atoms with E-state index in [0.29, 0.717) is 0 Å². The van der Waals surface area contributed by atoms with Crippen molar-refractivity contribution in [1.29, 1.82) is 0 Å². The van der Waals surface area contributed by atoms with Gasteiger partial charge >= 0.3 is 0 Å². The Labute approximate surface area is 132 Å². The third-order valence-electron chi connectivity index (χ3n) is 5.71. The number of carbonyl (C=O) groups excluding carboxylic acids is 3. The normalized spacial score (nSPS) is 32.8. The maximum Gasteiger partial charge on any atom is 0.232 e. The molecule has 2 aromatic carbocycles. The smallest absolute Gasteiger partial charge is 0.232 e. The van der Waals surface area contributed by atoms with Crippen LogP contribution >= 0.6 is 0 Å². The molecular weight excluding hydrogens is 290 g/mol. The second-order valence-electron chi connectivity index (χ2n) is 6.50. The van der Waals surface area contributed by atoms with Gasteiger partial charge in [0, 0.05) is 5.92 Å². The van der Waals surface area contributed by atoms with Crippen molar-refractivity contribution in [2.75, 3.05) is 0 Å². The maximum atomic E-state index is 12.5. The molecule has 4 nitrogen and oxygen atoms in total. The van der Waals surface area contributed by atoms with Crippen LogP contribution in [0.25, 0.3) is 0 Å². The van der Waals surface area contributed by atoms with Gasteiger partial charge in [0.05, 0.1) is 17.3 Å². The Morgan fingerprint density at radius 1 is 0.870 bits per heavy atom. The van der Waals surface area contributed by atoms with Crippen LogP contribution in [0, 0.1) is 11.8 Å². The maximum absolute atomic E-state index is 12.5. The van der Waals surface area contributed by atoms with E-state index in [0.717, 1.165) is 28.5 Å². The molecule has 2 aromatic rings. The molecule has 1 N–H and O–H groups in total. The van der Waals surface area contributed by atoms with Gasteiger partial charge in [-0.2, -0.15) is 0 Å². The van der Waals surface area contributed by atoms with Gasteiger partial charge < -0.3 is 4.79 Å². The molecule has 1 saturated heterocycles. The molecule has 0 unspecified atom stereocenters. The Morgan fingerprint density at radius 2 is 1.43 bits per heavy atom. The summed E-state index contributed by atoms with van der Waals surface area (Å²) in [6.45, 7) is 0. The molecule has 0 saturated carbocycles. The lowest BCUT2D eigenvalue weighted by Gasteiger charge is -2.51. The van der Waals surface area contributed by atoms with Crippen molar-refractivity contribution in [1.82, 2.24) is 5.32 Å². The van der Waals surface area contributed by atoms with Crippen LogP contribution in [0.15, 0.2) is 48.5 Å². The molecule has 3 aliphatic carbocycles. The lowest BCUT2D eigenvalue weighted by Crippen LogP contribution is -2.54.